The second kappa shape index (κ2) is 13.8. The fourth-order valence-electron chi connectivity index (χ4n) is 3.22. The zero-order chi connectivity index (χ0) is 22.8. The Labute approximate surface area is 213 Å². The summed E-state index contributed by atoms with van der Waals surface area (Å²) in [5.41, 5.74) is 1.20. The summed E-state index contributed by atoms with van der Waals surface area (Å²) in [4.78, 5) is 0. The van der Waals surface area contributed by atoms with Gasteiger partial charge in [0.15, 0.2) is 0 Å². The molecule has 0 bridgehead atoms. The summed E-state index contributed by atoms with van der Waals surface area (Å²) in [5.74, 6) is 0. The van der Waals surface area contributed by atoms with Gasteiger partial charge in [0.1, 0.15) is 0 Å². The summed E-state index contributed by atoms with van der Waals surface area (Å²) in [6.45, 7) is 6.03. The largest absolute Gasteiger partial charge is 2.00 e. The van der Waals surface area contributed by atoms with Crippen LogP contribution in [0, 0.1) is 0 Å². The molecule has 0 heterocycles. The van der Waals surface area contributed by atoms with Crippen LogP contribution < -0.4 is 15.3 Å². The summed E-state index contributed by atoms with van der Waals surface area (Å²) < 4.78 is 16.0. The Kier molecular flexibility index (Phi) is 11.5. The van der Waals surface area contributed by atoms with E-state index in [0.29, 0.717) is 0 Å². The molecular weight excluding hydrogens is 485 g/mol. The van der Waals surface area contributed by atoms with Gasteiger partial charge in [-0.25, -0.2) is 33.2 Å². The second-order valence-corrected chi connectivity index (χ2v) is 12.8. The van der Waals surface area contributed by atoms with E-state index in [1.165, 1.54) is 16.2 Å². The van der Waals surface area contributed by atoms with Crippen molar-refractivity contribution in [2.24, 2.45) is 0 Å². The van der Waals surface area contributed by atoms with Crippen LogP contribution in [0.3, 0.4) is 0 Å². The van der Waals surface area contributed by atoms with E-state index in [0.717, 1.165) is 6.16 Å². The monoisotopic (exact) mass is 517 g/mol. The van der Waals surface area contributed by atoms with Crippen molar-refractivity contribution in [1.29, 1.82) is 0 Å². The van der Waals surface area contributed by atoms with E-state index in [2.05, 4.69) is 89.7 Å². The van der Waals surface area contributed by atoms with Crippen LogP contribution in [0.15, 0.2) is 115 Å². The Bertz CT molecular complexity index is 972. The first kappa shape index (κ1) is 27.4. The first-order chi connectivity index (χ1) is 15.4. The molecule has 174 valence electrons. The van der Waals surface area contributed by atoms with Crippen molar-refractivity contribution in [3.05, 3.63) is 121 Å². The molecule has 4 rings (SSSR count). The van der Waals surface area contributed by atoms with E-state index in [4.69, 9.17) is 0 Å². The van der Waals surface area contributed by atoms with E-state index in [9.17, 15) is 4.21 Å². The van der Waals surface area contributed by atoms with Gasteiger partial charge in [0.2, 0.25) is 0 Å². The molecule has 0 saturated carbocycles. The third-order valence-electron chi connectivity index (χ3n) is 4.95. The summed E-state index contributed by atoms with van der Waals surface area (Å²) >= 11 is 0. The van der Waals surface area contributed by atoms with Crippen molar-refractivity contribution in [3.63, 3.8) is 0 Å². The average molecular weight is 517 g/mol. The Morgan fingerprint density at radius 3 is 1.76 bits per heavy atom. The number of rotatable bonds is 7. The van der Waals surface area contributed by atoms with Crippen molar-refractivity contribution in [2.75, 3.05) is 6.16 Å². The molecule has 0 spiro atoms. The van der Waals surface area contributed by atoms with E-state index >= 15 is 0 Å². The Hall–Kier alpha value is -1.80. The van der Waals surface area contributed by atoms with Crippen LogP contribution in [0.25, 0.3) is 0 Å². The summed E-state index contributed by atoms with van der Waals surface area (Å²) in [6.07, 6.45) is 0.912. The quantitative estimate of drug-likeness (QED) is 0.181. The van der Waals surface area contributed by atoms with Crippen LogP contribution in [0.2, 0.25) is 0 Å². The molecule has 0 aromatic heterocycles. The predicted molar refractivity (Wildman–Crippen MR) is 142 cm³/mol. The number of nitrogens with one attached hydrogen (secondary N) is 1. The van der Waals surface area contributed by atoms with Crippen LogP contribution in [0.5, 0.6) is 0 Å². The van der Waals surface area contributed by atoms with E-state index in [1.54, 1.807) is 0 Å². The van der Waals surface area contributed by atoms with Gasteiger partial charge in [-0.2, -0.15) is 35.9 Å². The summed E-state index contributed by atoms with van der Waals surface area (Å²) in [5, 5.41) is 2.69. The molecule has 0 fully saturated rings. The van der Waals surface area contributed by atoms with Crippen molar-refractivity contribution < 1.29 is 21.3 Å². The average Bonchev–Trinajstić information content (AvgIpc) is 3.54. The molecule has 2 atom stereocenters. The first-order valence-electron chi connectivity index (χ1n) is 10.9. The van der Waals surface area contributed by atoms with E-state index in [1.807, 2.05) is 51.1 Å². The van der Waals surface area contributed by atoms with Gasteiger partial charge < -0.3 is 0 Å². The van der Waals surface area contributed by atoms with Crippen LogP contribution >= 0.6 is 7.92 Å². The van der Waals surface area contributed by atoms with E-state index in [-0.39, 0.29) is 27.9 Å². The molecule has 0 aliphatic carbocycles. The van der Waals surface area contributed by atoms with Crippen molar-refractivity contribution in [3.8, 4) is 0 Å². The molecule has 0 saturated heterocycles. The first-order valence-corrected chi connectivity index (χ1v) is 13.6. The molecule has 0 amide bonds. The van der Waals surface area contributed by atoms with E-state index < -0.39 is 18.9 Å². The van der Waals surface area contributed by atoms with Gasteiger partial charge in [-0.05, 0) is 45.5 Å². The molecule has 1 N–H and O–H groups in total. The van der Waals surface area contributed by atoms with Gasteiger partial charge in [-0.1, -0.05) is 60.7 Å². The smallest absolute Gasteiger partial charge is 0.242 e. The number of benzene rings is 2. The van der Waals surface area contributed by atoms with Crippen LogP contribution in [0.4, 0.5) is 0 Å². The van der Waals surface area contributed by atoms with Gasteiger partial charge >= 0.3 is 17.1 Å². The van der Waals surface area contributed by atoms with Gasteiger partial charge in [0.05, 0.1) is 15.7 Å². The molecule has 2 nitrogen and oxygen atoms in total. The summed E-state index contributed by atoms with van der Waals surface area (Å²) in [6, 6.07) is 39.8. The minimum Gasteiger partial charge on any atom is -0.242 e. The standard InChI is InChI=1S/C23H27NOPS.C5H5.Fe/c1-23(2,3)27(25)24-22(19-12-10-11-13-19)18-26(20-14-6-4-7-15-20)21-16-8-5-9-17-21;1-2-4-5-3-1;/h4-17,22,24H,18H2,1-3H3;1-5H;/q2*-1;+2/t22-,27-;;/m1../s1. The molecule has 0 radical (unpaired) electrons. The third kappa shape index (κ3) is 8.81. The van der Waals surface area contributed by atoms with Gasteiger partial charge in [0, 0.05) is 6.04 Å². The predicted octanol–water partition coefficient (Wildman–Crippen LogP) is 6.03. The molecule has 0 aliphatic rings. The second-order valence-electron chi connectivity index (χ2n) is 8.51. The maximum atomic E-state index is 12.8. The molecule has 4 aromatic carbocycles. The molecular formula is C28H32FeNOPS. The van der Waals surface area contributed by atoms with Crippen LogP contribution in [-0.2, 0) is 28.1 Å². The van der Waals surface area contributed by atoms with Crippen molar-refractivity contribution >= 4 is 29.5 Å². The Morgan fingerprint density at radius 1 is 0.818 bits per heavy atom. The molecule has 0 unspecified atom stereocenters. The van der Waals surface area contributed by atoms with Gasteiger partial charge in [-0.3, -0.25) is 0 Å². The van der Waals surface area contributed by atoms with Gasteiger partial charge in [-0.15, -0.1) is 0 Å². The zero-order valence-corrected chi connectivity index (χ0v) is 22.2. The minimum absolute atomic E-state index is 0. The number of hydrogen-bond donors (Lipinski definition) is 1. The zero-order valence-electron chi connectivity index (χ0n) is 19.4. The fourth-order valence-corrected chi connectivity index (χ4v) is 6.62. The number of hydrogen-bond acceptors (Lipinski definition) is 1. The minimum atomic E-state index is -1.12. The van der Waals surface area contributed by atoms with Crippen molar-refractivity contribution in [2.45, 2.75) is 31.6 Å². The molecule has 5 heteroatoms. The maximum Gasteiger partial charge on any atom is 2.00 e. The molecule has 0 aliphatic heterocycles. The van der Waals surface area contributed by atoms with Crippen molar-refractivity contribution in [1.82, 2.24) is 4.72 Å². The fraction of sp³-hybridized carbons (Fsp3) is 0.214. The molecule has 4 aromatic rings. The topological polar surface area (TPSA) is 29.1 Å². The Balaban J connectivity index is 0.000000568. The van der Waals surface area contributed by atoms with Crippen LogP contribution in [0.1, 0.15) is 32.4 Å². The molecule has 33 heavy (non-hydrogen) atoms. The van der Waals surface area contributed by atoms with Crippen LogP contribution in [-0.4, -0.2) is 15.1 Å². The van der Waals surface area contributed by atoms with Gasteiger partial charge in [0.25, 0.3) is 0 Å². The Morgan fingerprint density at radius 2 is 1.36 bits per heavy atom. The SMILES string of the molecule is CC(C)(C)[S@@](=O)N[C@H](CP(c1ccccc1)c1ccccc1)c1ccc[cH-]1.[Fe+2].c1cc[cH-]c1. The third-order valence-corrected chi connectivity index (χ3v) is 9.14. The normalized spacial score (nSPS) is 12.8. The summed E-state index contributed by atoms with van der Waals surface area (Å²) in [7, 11) is -1.68. The maximum absolute atomic E-state index is 12.8.